The van der Waals surface area contributed by atoms with E-state index in [0.717, 1.165) is 11.1 Å². The fourth-order valence-corrected chi connectivity index (χ4v) is 21.2. The smallest absolute Gasteiger partial charge is 0.242 e. The lowest BCUT2D eigenvalue weighted by Crippen LogP contribution is -2.59. The van der Waals surface area contributed by atoms with E-state index in [-0.39, 0.29) is 0 Å². The molecule has 0 aromatic heterocycles. The quantitative estimate of drug-likeness (QED) is 0.516. The van der Waals surface area contributed by atoms with Crippen LogP contribution < -0.4 is 0 Å². The first-order valence-electron chi connectivity index (χ1n) is 8.45. The van der Waals surface area contributed by atoms with Crippen LogP contribution in [0, 0.1) is 5.92 Å². The molecule has 122 valence electrons. The second kappa shape index (κ2) is 5.85. The molecule has 2 unspecified atom stereocenters. The van der Waals surface area contributed by atoms with Gasteiger partial charge in [0.25, 0.3) is 0 Å². The van der Waals surface area contributed by atoms with Crippen LogP contribution in [0.15, 0.2) is 0 Å². The third-order valence-corrected chi connectivity index (χ3v) is 17.0. The van der Waals surface area contributed by atoms with Crippen molar-refractivity contribution in [2.75, 3.05) is 0 Å². The zero-order valence-corrected chi connectivity index (χ0v) is 18.8. The molecule has 0 radical (unpaired) electrons. The minimum absolute atomic E-state index is 0.534. The minimum atomic E-state index is -1.54. The van der Waals surface area contributed by atoms with Crippen molar-refractivity contribution < 1.29 is 4.43 Å². The average molecular weight is 360 g/mol. The zero-order valence-electron chi connectivity index (χ0n) is 15.0. The molecule has 0 spiro atoms. The molecule has 6 heteroatoms. The van der Waals surface area contributed by atoms with Crippen LogP contribution in [0.1, 0.15) is 19.3 Å². The van der Waals surface area contributed by atoms with Crippen LogP contribution in [0.4, 0.5) is 0 Å². The molecule has 21 heavy (non-hydrogen) atoms. The van der Waals surface area contributed by atoms with Crippen LogP contribution in [0.5, 0.6) is 0 Å². The van der Waals surface area contributed by atoms with Gasteiger partial charge in [-0.05, 0) is 69.3 Å². The van der Waals surface area contributed by atoms with Gasteiger partial charge in [-0.25, -0.2) is 0 Å². The van der Waals surface area contributed by atoms with E-state index in [1.165, 1.54) is 31.4 Å². The largest absolute Gasteiger partial charge is 0.540 e. The van der Waals surface area contributed by atoms with Crippen molar-refractivity contribution >= 4 is 42.1 Å². The normalized spacial score (nSPS) is 32.3. The second-order valence-corrected chi connectivity index (χ2v) is 23.7. The summed E-state index contributed by atoms with van der Waals surface area (Å²) >= 11 is 5.62. The Morgan fingerprint density at radius 3 is 2.05 bits per heavy atom. The number of rotatable bonds is 3. The van der Waals surface area contributed by atoms with E-state index in [9.17, 15) is 0 Å². The van der Waals surface area contributed by atoms with Gasteiger partial charge in [0.05, 0.1) is 0 Å². The Labute approximate surface area is 139 Å². The molecule has 0 bridgehead atoms. The Hall–Kier alpha value is 0.501. The van der Waals surface area contributed by atoms with Crippen LogP contribution in [-0.2, 0) is 4.43 Å². The summed E-state index contributed by atoms with van der Waals surface area (Å²) in [7, 11) is -3.86. The van der Waals surface area contributed by atoms with Gasteiger partial charge < -0.3 is 8.66 Å². The highest BCUT2D eigenvalue weighted by atomic mass is 32.1. The molecule has 0 aromatic rings. The lowest BCUT2D eigenvalue weighted by molar-refractivity contribution is 0.439. The van der Waals surface area contributed by atoms with Crippen molar-refractivity contribution in [2.24, 2.45) is 5.92 Å². The number of thiocarbonyl (C=S) groups is 1. The van der Waals surface area contributed by atoms with Gasteiger partial charge in [0, 0.05) is 5.92 Å². The van der Waals surface area contributed by atoms with Crippen LogP contribution in [0.3, 0.4) is 0 Å². The van der Waals surface area contributed by atoms with Gasteiger partial charge in [0.1, 0.15) is 21.5 Å². The van der Waals surface area contributed by atoms with Gasteiger partial charge in [-0.1, -0.05) is 26.2 Å². The van der Waals surface area contributed by atoms with Crippen LogP contribution in [-0.4, -0.2) is 40.1 Å². The minimum Gasteiger partial charge on any atom is -0.540 e. The first-order valence-corrected chi connectivity index (χ1v) is 18.6. The second-order valence-electron chi connectivity index (χ2n) is 9.19. The third-order valence-electron chi connectivity index (χ3n) is 5.16. The number of nitrogens with zero attached hydrogens (tertiary/aromatic N) is 1. The Bertz CT molecular complexity index is 404. The first-order chi connectivity index (χ1) is 9.42. The molecule has 2 rings (SSSR count). The molecular formula is C15H33NOSSi3. The Morgan fingerprint density at radius 2 is 1.57 bits per heavy atom. The van der Waals surface area contributed by atoms with Gasteiger partial charge in [0.15, 0.2) is 0 Å². The van der Waals surface area contributed by atoms with E-state index in [4.69, 9.17) is 16.6 Å². The molecular weight excluding hydrogens is 326 g/mol. The highest BCUT2D eigenvalue weighted by Gasteiger charge is 2.51. The Morgan fingerprint density at radius 1 is 1.05 bits per heavy atom. The van der Waals surface area contributed by atoms with Crippen molar-refractivity contribution in [1.29, 1.82) is 0 Å². The van der Waals surface area contributed by atoms with Crippen LogP contribution >= 0.6 is 12.2 Å². The molecule has 1 saturated heterocycles. The van der Waals surface area contributed by atoms with E-state index < -0.39 is 24.8 Å². The maximum absolute atomic E-state index is 6.11. The van der Waals surface area contributed by atoms with E-state index in [1.807, 2.05) is 0 Å². The van der Waals surface area contributed by atoms with Gasteiger partial charge >= 0.3 is 0 Å². The number of hydrogen-bond acceptors (Lipinski definition) is 3. The van der Waals surface area contributed by atoms with Crippen molar-refractivity contribution in [2.45, 2.75) is 83.2 Å². The monoisotopic (exact) mass is 359 g/mol. The first kappa shape index (κ1) is 17.8. The van der Waals surface area contributed by atoms with E-state index in [2.05, 4.69) is 50.1 Å². The van der Waals surface area contributed by atoms with Gasteiger partial charge in [-0.15, -0.1) is 0 Å². The molecule has 2 nitrogen and oxygen atoms in total. The van der Waals surface area contributed by atoms with Gasteiger partial charge in [0.2, 0.25) is 8.32 Å². The summed E-state index contributed by atoms with van der Waals surface area (Å²) in [5.41, 5.74) is 0. The standard InChI is InChI=1S/C15H33NOSSi3/c1-19(2,3)17-15(18)13-8-9-14(12-13)16-20(4,5)10-11-21(16,6)7/h13-14H,8-12H2,1-7H3. The molecule has 0 aromatic carbocycles. The summed E-state index contributed by atoms with van der Waals surface area (Å²) in [6.07, 6.45) is 3.85. The summed E-state index contributed by atoms with van der Waals surface area (Å²) < 4.78 is 9.18. The molecule has 0 N–H and O–H groups in total. The Kier molecular flexibility index (Phi) is 4.97. The topological polar surface area (TPSA) is 12.5 Å². The molecule has 1 aliphatic heterocycles. The molecule has 2 aliphatic rings. The van der Waals surface area contributed by atoms with Crippen LogP contribution in [0.25, 0.3) is 0 Å². The lowest BCUT2D eigenvalue weighted by atomic mass is 10.1. The summed E-state index contributed by atoms with van der Waals surface area (Å²) in [4.78, 5) is 0. The van der Waals surface area contributed by atoms with Crippen molar-refractivity contribution in [3.8, 4) is 0 Å². The highest BCUT2D eigenvalue weighted by molar-refractivity contribution is 7.80. The fourth-order valence-electron chi connectivity index (χ4n) is 4.45. The van der Waals surface area contributed by atoms with E-state index in [1.54, 1.807) is 0 Å². The highest BCUT2D eigenvalue weighted by Crippen LogP contribution is 2.44. The van der Waals surface area contributed by atoms with Gasteiger partial charge in [-0.3, -0.25) is 0 Å². The lowest BCUT2D eigenvalue weighted by Gasteiger charge is -2.43. The molecule has 0 amide bonds. The van der Waals surface area contributed by atoms with E-state index in [0.29, 0.717) is 5.92 Å². The number of hydrogen-bond donors (Lipinski definition) is 0. The molecule has 2 fully saturated rings. The average Bonchev–Trinajstić information content (AvgIpc) is 2.80. The maximum atomic E-state index is 6.11. The molecule has 1 aliphatic carbocycles. The predicted molar refractivity (Wildman–Crippen MR) is 105 cm³/mol. The Balaban J connectivity index is 2.04. The van der Waals surface area contributed by atoms with Crippen molar-refractivity contribution in [1.82, 2.24) is 4.23 Å². The van der Waals surface area contributed by atoms with Crippen molar-refractivity contribution in [3.05, 3.63) is 0 Å². The summed E-state index contributed by atoms with van der Waals surface area (Å²) in [5, 5.41) is 0.926. The van der Waals surface area contributed by atoms with Crippen LogP contribution in [0.2, 0.25) is 57.9 Å². The predicted octanol–water partition coefficient (Wildman–Crippen LogP) is 5.06. The summed E-state index contributed by atoms with van der Waals surface area (Å²) in [6, 6.07) is 3.80. The fraction of sp³-hybridized carbons (Fsp3) is 0.933. The summed E-state index contributed by atoms with van der Waals surface area (Å²) in [6.45, 7) is 17.0. The third kappa shape index (κ3) is 4.07. The molecule has 2 atom stereocenters. The maximum Gasteiger partial charge on any atom is 0.242 e. The zero-order chi connectivity index (χ0) is 16.1. The van der Waals surface area contributed by atoms with Gasteiger partial charge in [-0.2, -0.15) is 0 Å². The molecule has 1 heterocycles. The summed E-state index contributed by atoms with van der Waals surface area (Å²) in [5.74, 6) is 0.534. The van der Waals surface area contributed by atoms with E-state index >= 15 is 0 Å². The SMILES string of the molecule is C[Si](C)(C)OC(=S)C1CCC(N2[Si](C)(C)CC[Si]2(C)C)C1. The molecule has 1 saturated carbocycles. The van der Waals surface area contributed by atoms with Crippen molar-refractivity contribution in [3.63, 3.8) is 0 Å².